The Hall–Kier alpha value is -1.30. The Morgan fingerprint density at radius 1 is 1.41 bits per heavy atom. The minimum atomic E-state index is 0.0748. The molecule has 2 atom stereocenters. The minimum Gasteiger partial charge on any atom is -0.377 e. The SMILES string of the molecule is CC1OCCC1(C)NCC#Cc1ccccc1. The summed E-state index contributed by atoms with van der Waals surface area (Å²) in [6.07, 6.45) is 1.32. The van der Waals surface area contributed by atoms with Gasteiger partial charge in [0, 0.05) is 17.7 Å². The van der Waals surface area contributed by atoms with Crippen molar-refractivity contribution in [1.82, 2.24) is 5.32 Å². The molecule has 2 heteroatoms. The second-order valence-corrected chi connectivity index (χ2v) is 4.70. The summed E-state index contributed by atoms with van der Waals surface area (Å²) >= 11 is 0. The van der Waals surface area contributed by atoms with Gasteiger partial charge in [-0.05, 0) is 32.4 Å². The molecule has 17 heavy (non-hydrogen) atoms. The van der Waals surface area contributed by atoms with Crippen LogP contribution in [0.1, 0.15) is 25.8 Å². The molecule has 0 saturated carbocycles. The van der Waals surface area contributed by atoms with Gasteiger partial charge in [-0.3, -0.25) is 5.32 Å². The molecule has 1 saturated heterocycles. The maximum atomic E-state index is 5.57. The minimum absolute atomic E-state index is 0.0748. The van der Waals surface area contributed by atoms with Gasteiger partial charge >= 0.3 is 0 Å². The lowest BCUT2D eigenvalue weighted by atomic mass is 9.95. The summed E-state index contributed by atoms with van der Waals surface area (Å²) in [5.41, 5.74) is 1.14. The van der Waals surface area contributed by atoms with Gasteiger partial charge in [0.2, 0.25) is 0 Å². The van der Waals surface area contributed by atoms with Crippen molar-refractivity contribution in [2.24, 2.45) is 0 Å². The summed E-state index contributed by atoms with van der Waals surface area (Å²) in [7, 11) is 0. The lowest BCUT2D eigenvalue weighted by molar-refractivity contribution is 0.0902. The monoisotopic (exact) mass is 229 g/mol. The second-order valence-electron chi connectivity index (χ2n) is 4.70. The Morgan fingerprint density at radius 3 is 2.82 bits per heavy atom. The number of ether oxygens (including phenoxy) is 1. The maximum Gasteiger partial charge on any atom is 0.0726 e. The van der Waals surface area contributed by atoms with Gasteiger partial charge in [-0.1, -0.05) is 30.0 Å². The molecular formula is C15H19NO. The fraction of sp³-hybridized carbons (Fsp3) is 0.467. The molecular weight excluding hydrogens is 210 g/mol. The molecule has 1 aromatic carbocycles. The summed E-state index contributed by atoms with van der Waals surface area (Å²) in [5, 5.41) is 3.48. The van der Waals surface area contributed by atoms with E-state index in [1.165, 1.54) is 0 Å². The molecule has 1 heterocycles. The van der Waals surface area contributed by atoms with Crippen molar-refractivity contribution in [3.8, 4) is 11.8 Å². The van der Waals surface area contributed by atoms with E-state index in [4.69, 9.17) is 4.74 Å². The average molecular weight is 229 g/mol. The highest BCUT2D eigenvalue weighted by Crippen LogP contribution is 2.24. The zero-order valence-electron chi connectivity index (χ0n) is 10.5. The van der Waals surface area contributed by atoms with Gasteiger partial charge in [0.25, 0.3) is 0 Å². The lowest BCUT2D eigenvalue weighted by Crippen LogP contribution is -2.47. The molecule has 0 aromatic heterocycles. The number of nitrogens with one attached hydrogen (secondary N) is 1. The zero-order valence-corrected chi connectivity index (χ0v) is 10.5. The van der Waals surface area contributed by atoms with Crippen LogP contribution in [0.3, 0.4) is 0 Å². The molecule has 1 aliphatic heterocycles. The molecule has 1 N–H and O–H groups in total. The Balaban J connectivity index is 1.86. The van der Waals surface area contributed by atoms with Crippen molar-refractivity contribution in [3.63, 3.8) is 0 Å². The topological polar surface area (TPSA) is 21.3 Å². The number of rotatable bonds is 2. The Bertz CT molecular complexity index is 418. The first-order valence-electron chi connectivity index (χ1n) is 6.11. The molecule has 0 bridgehead atoms. The molecule has 0 aliphatic carbocycles. The van der Waals surface area contributed by atoms with Gasteiger partial charge in [0.15, 0.2) is 0 Å². The van der Waals surface area contributed by atoms with Crippen molar-refractivity contribution in [2.45, 2.75) is 31.9 Å². The molecule has 1 fully saturated rings. The first-order chi connectivity index (χ1) is 8.21. The van der Waals surface area contributed by atoms with Gasteiger partial charge in [-0.2, -0.15) is 0 Å². The van der Waals surface area contributed by atoms with E-state index in [2.05, 4.69) is 31.0 Å². The summed E-state index contributed by atoms with van der Waals surface area (Å²) in [6, 6.07) is 10.1. The third-order valence-electron chi connectivity index (χ3n) is 3.47. The van der Waals surface area contributed by atoms with Crippen LogP contribution in [-0.2, 0) is 4.74 Å². The standard InChI is InChI=1S/C15H19NO/c1-13-15(2,10-12-17-13)16-11-6-9-14-7-4-3-5-8-14/h3-5,7-8,13,16H,10-12H2,1-2H3. The van der Waals surface area contributed by atoms with E-state index < -0.39 is 0 Å². The van der Waals surface area contributed by atoms with Crippen LogP contribution in [-0.4, -0.2) is 24.8 Å². The van der Waals surface area contributed by atoms with E-state index in [0.717, 1.165) is 18.6 Å². The number of benzene rings is 1. The van der Waals surface area contributed by atoms with E-state index >= 15 is 0 Å². The van der Waals surface area contributed by atoms with Gasteiger partial charge in [0.1, 0.15) is 0 Å². The molecule has 0 amide bonds. The van der Waals surface area contributed by atoms with E-state index in [0.29, 0.717) is 6.54 Å². The van der Waals surface area contributed by atoms with E-state index in [-0.39, 0.29) is 11.6 Å². The molecule has 1 aromatic rings. The van der Waals surface area contributed by atoms with E-state index in [1.807, 2.05) is 30.3 Å². The van der Waals surface area contributed by atoms with Crippen LogP contribution in [0, 0.1) is 11.8 Å². The molecule has 1 aliphatic rings. The van der Waals surface area contributed by atoms with E-state index in [1.54, 1.807) is 0 Å². The first-order valence-corrected chi connectivity index (χ1v) is 6.11. The Kier molecular flexibility index (Phi) is 3.83. The predicted molar refractivity (Wildman–Crippen MR) is 69.8 cm³/mol. The van der Waals surface area contributed by atoms with Crippen LogP contribution < -0.4 is 5.32 Å². The van der Waals surface area contributed by atoms with Crippen molar-refractivity contribution >= 4 is 0 Å². The number of hydrogen-bond donors (Lipinski definition) is 1. The fourth-order valence-corrected chi connectivity index (χ4v) is 1.98. The molecule has 90 valence electrons. The number of hydrogen-bond acceptors (Lipinski definition) is 2. The van der Waals surface area contributed by atoms with Gasteiger partial charge in [0.05, 0.1) is 12.6 Å². The quantitative estimate of drug-likeness (QED) is 0.785. The molecule has 0 spiro atoms. The average Bonchev–Trinajstić information content (AvgIpc) is 2.67. The molecule has 2 unspecified atom stereocenters. The third kappa shape index (κ3) is 3.09. The Labute approximate surface area is 103 Å². The Morgan fingerprint density at radius 2 is 2.18 bits per heavy atom. The first kappa shape index (κ1) is 12.2. The largest absolute Gasteiger partial charge is 0.377 e. The van der Waals surface area contributed by atoms with Gasteiger partial charge in [-0.15, -0.1) is 0 Å². The van der Waals surface area contributed by atoms with Crippen LogP contribution in [0.15, 0.2) is 30.3 Å². The van der Waals surface area contributed by atoms with Crippen LogP contribution in [0.5, 0.6) is 0 Å². The third-order valence-corrected chi connectivity index (χ3v) is 3.47. The summed E-state index contributed by atoms with van der Waals surface area (Å²) in [4.78, 5) is 0. The molecule has 2 rings (SSSR count). The second kappa shape index (κ2) is 5.35. The summed E-state index contributed by atoms with van der Waals surface area (Å²) in [5.74, 6) is 6.30. The smallest absolute Gasteiger partial charge is 0.0726 e. The van der Waals surface area contributed by atoms with Crippen LogP contribution >= 0.6 is 0 Å². The highest BCUT2D eigenvalue weighted by atomic mass is 16.5. The van der Waals surface area contributed by atoms with Crippen molar-refractivity contribution in [1.29, 1.82) is 0 Å². The van der Waals surface area contributed by atoms with Gasteiger partial charge < -0.3 is 4.74 Å². The van der Waals surface area contributed by atoms with Crippen molar-refractivity contribution in [2.75, 3.05) is 13.2 Å². The van der Waals surface area contributed by atoms with Gasteiger partial charge in [-0.25, -0.2) is 0 Å². The highest BCUT2D eigenvalue weighted by molar-refractivity contribution is 5.33. The zero-order chi connectivity index (χ0) is 12.1. The molecule has 0 radical (unpaired) electrons. The predicted octanol–water partition coefficient (Wildman–Crippen LogP) is 2.20. The van der Waals surface area contributed by atoms with Crippen molar-refractivity contribution in [3.05, 3.63) is 35.9 Å². The highest BCUT2D eigenvalue weighted by Gasteiger charge is 2.35. The lowest BCUT2D eigenvalue weighted by Gasteiger charge is -2.27. The molecule has 2 nitrogen and oxygen atoms in total. The summed E-state index contributed by atoms with van der Waals surface area (Å²) < 4.78 is 5.57. The van der Waals surface area contributed by atoms with Crippen LogP contribution in [0.2, 0.25) is 0 Å². The normalized spacial score (nSPS) is 27.5. The summed E-state index contributed by atoms with van der Waals surface area (Å²) in [6.45, 7) is 5.87. The van der Waals surface area contributed by atoms with Crippen LogP contribution in [0.25, 0.3) is 0 Å². The maximum absolute atomic E-state index is 5.57. The van der Waals surface area contributed by atoms with Crippen molar-refractivity contribution < 1.29 is 4.74 Å². The fourth-order valence-electron chi connectivity index (χ4n) is 1.98. The van der Waals surface area contributed by atoms with E-state index in [9.17, 15) is 0 Å². The van der Waals surface area contributed by atoms with Crippen LogP contribution in [0.4, 0.5) is 0 Å².